The minimum atomic E-state index is -0.595. The number of rotatable bonds is 2. The van der Waals surface area contributed by atoms with E-state index in [-0.39, 0.29) is 22.9 Å². The summed E-state index contributed by atoms with van der Waals surface area (Å²) in [6, 6.07) is 3.55. The average Bonchev–Trinajstić information content (AvgIpc) is 2.40. The molecule has 0 aliphatic carbocycles. The zero-order valence-electron chi connectivity index (χ0n) is 11.6. The predicted molar refractivity (Wildman–Crippen MR) is 73.6 cm³/mol. The molecule has 1 amide bonds. The summed E-state index contributed by atoms with van der Waals surface area (Å²) in [7, 11) is 0. The number of nitrogens with zero attached hydrogens (tertiary/aromatic N) is 2. The number of piperidine rings is 1. The summed E-state index contributed by atoms with van der Waals surface area (Å²) in [6.45, 7) is 5.40. The minimum Gasteiger partial charge on any atom is -0.508 e. The highest BCUT2D eigenvalue weighted by Gasteiger charge is 2.30. The average molecular weight is 278 g/mol. The first kappa shape index (κ1) is 14.3. The Balaban J connectivity index is 2.29. The molecule has 0 aromatic heterocycles. The third kappa shape index (κ3) is 2.74. The van der Waals surface area contributed by atoms with Crippen LogP contribution in [0.3, 0.4) is 0 Å². The van der Waals surface area contributed by atoms with Crippen LogP contribution in [0.5, 0.6) is 5.75 Å². The number of carbonyl (C=O) groups is 1. The summed E-state index contributed by atoms with van der Waals surface area (Å²) in [5, 5.41) is 20.5. The number of nitro groups is 1. The molecule has 0 saturated carbocycles. The number of amides is 1. The second-order valence-electron chi connectivity index (χ2n) is 5.45. The Morgan fingerprint density at radius 2 is 2.10 bits per heavy atom. The van der Waals surface area contributed by atoms with E-state index < -0.39 is 4.92 Å². The Labute approximate surface area is 117 Å². The normalized spacial score (nSPS) is 22.6. The largest absolute Gasteiger partial charge is 0.508 e. The van der Waals surface area contributed by atoms with Gasteiger partial charge in [-0.25, -0.2) is 0 Å². The summed E-state index contributed by atoms with van der Waals surface area (Å²) in [5.74, 6) is 0.381. The van der Waals surface area contributed by atoms with Crippen molar-refractivity contribution in [2.75, 3.05) is 13.1 Å². The number of aromatic hydroxyl groups is 1. The van der Waals surface area contributed by atoms with E-state index in [9.17, 15) is 20.0 Å². The Bertz CT molecular complexity index is 544. The Morgan fingerprint density at radius 1 is 1.40 bits per heavy atom. The zero-order valence-corrected chi connectivity index (χ0v) is 11.6. The molecule has 0 bridgehead atoms. The molecular formula is C14H18N2O4. The molecule has 108 valence electrons. The molecule has 1 aliphatic rings. The van der Waals surface area contributed by atoms with E-state index in [1.165, 1.54) is 18.2 Å². The summed E-state index contributed by atoms with van der Waals surface area (Å²) in [6.07, 6.45) is 0.888. The molecule has 0 radical (unpaired) electrons. The summed E-state index contributed by atoms with van der Waals surface area (Å²) >= 11 is 0. The highest BCUT2D eigenvalue weighted by Crippen LogP contribution is 2.28. The van der Waals surface area contributed by atoms with E-state index in [0.29, 0.717) is 24.9 Å². The van der Waals surface area contributed by atoms with Gasteiger partial charge in [0.05, 0.1) is 4.92 Å². The summed E-state index contributed by atoms with van der Waals surface area (Å²) < 4.78 is 0. The molecule has 6 nitrogen and oxygen atoms in total. The number of hydrogen-bond acceptors (Lipinski definition) is 4. The standard InChI is InChI=1S/C14H18N2O4/c1-9-5-6-15(8-10(9)2)14(18)12-7-11(17)3-4-13(12)16(19)20/h3-4,7,9-10,17H,5-6,8H2,1-2H3. The van der Waals surface area contributed by atoms with Gasteiger partial charge in [0, 0.05) is 19.2 Å². The molecule has 1 saturated heterocycles. The zero-order chi connectivity index (χ0) is 14.9. The van der Waals surface area contributed by atoms with Crippen LogP contribution in [0.15, 0.2) is 18.2 Å². The Hall–Kier alpha value is -2.11. The second-order valence-corrected chi connectivity index (χ2v) is 5.45. The summed E-state index contributed by atoms with van der Waals surface area (Å²) in [5.41, 5.74) is -0.309. The molecule has 2 rings (SSSR count). The van der Waals surface area contributed by atoms with Crippen LogP contribution in [0.2, 0.25) is 0 Å². The van der Waals surface area contributed by atoms with Crippen LogP contribution in [0.4, 0.5) is 5.69 Å². The fourth-order valence-corrected chi connectivity index (χ4v) is 2.47. The van der Waals surface area contributed by atoms with Gasteiger partial charge in [-0.15, -0.1) is 0 Å². The molecule has 20 heavy (non-hydrogen) atoms. The highest BCUT2D eigenvalue weighted by molar-refractivity contribution is 5.98. The first-order valence-corrected chi connectivity index (χ1v) is 6.67. The van der Waals surface area contributed by atoms with E-state index in [2.05, 4.69) is 13.8 Å². The quantitative estimate of drug-likeness (QED) is 0.665. The summed E-state index contributed by atoms with van der Waals surface area (Å²) in [4.78, 5) is 24.5. The number of carbonyl (C=O) groups excluding carboxylic acids is 1. The van der Waals surface area contributed by atoms with Gasteiger partial charge in [-0.3, -0.25) is 14.9 Å². The van der Waals surface area contributed by atoms with Crippen molar-refractivity contribution in [3.8, 4) is 5.75 Å². The lowest BCUT2D eigenvalue weighted by atomic mass is 9.88. The highest BCUT2D eigenvalue weighted by atomic mass is 16.6. The number of phenols is 1. The SMILES string of the molecule is CC1CCN(C(=O)c2cc(O)ccc2[N+](=O)[O-])CC1C. The van der Waals surface area contributed by atoms with Crippen molar-refractivity contribution in [3.63, 3.8) is 0 Å². The van der Waals surface area contributed by atoms with Gasteiger partial charge in [-0.1, -0.05) is 13.8 Å². The van der Waals surface area contributed by atoms with Crippen LogP contribution >= 0.6 is 0 Å². The molecule has 0 spiro atoms. The van der Waals surface area contributed by atoms with Crippen LogP contribution in [-0.4, -0.2) is 33.9 Å². The molecule has 2 atom stereocenters. The number of phenolic OH excluding ortho intramolecular Hbond substituents is 1. The fraction of sp³-hybridized carbons (Fsp3) is 0.500. The number of hydrogen-bond donors (Lipinski definition) is 1. The topological polar surface area (TPSA) is 83.7 Å². The number of nitro benzene ring substituents is 1. The monoisotopic (exact) mass is 278 g/mol. The molecular weight excluding hydrogens is 260 g/mol. The van der Waals surface area contributed by atoms with Gasteiger partial charge in [0.25, 0.3) is 11.6 Å². The van der Waals surface area contributed by atoms with E-state index >= 15 is 0 Å². The maximum absolute atomic E-state index is 12.4. The van der Waals surface area contributed by atoms with Gasteiger partial charge in [0.15, 0.2) is 0 Å². The molecule has 1 aromatic carbocycles. The van der Waals surface area contributed by atoms with Gasteiger partial charge in [0.1, 0.15) is 11.3 Å². The lowest BCUT2D eigenvalue weighted by Crippen LogP contribution is -2.42. The third-order valence-electron chi connectivity index (χ3n) is 4.03. The van der Waals surface area contributed by atoms with Crippen LogP contribution in [0.1, 0.15) is 30.6 Å². The van der Waals surface area contributed by atoms with Gasteiger partial charge in [-0.2, -0.15) is 0 Å². The van der Waals surface area contributed by atoms with Crippen molar-refractivity contribution >= 4 is 11.6 Å². The van der Waals surface area contributed by atoms with Crippen molar-refractivity contribution in [3.05, 3.63) is 33.9 Å². The number of benzene rings is 1. The van der Waals surface area contributed by atoms with Crippen molar-refractivity contribution in [2.24, 2.45) is 11.8 Å². The first-order chi connectivity index (χ1) is 9.40. The van der Waals surface area contributed by atoms with E-state index in [1.807, 2.05) is 0 Å². The van der Waals surface area contributed by atoms with Crippen molar-refractivity contribution in [1.29, 1.82) is 0 Å². The predicted octanol–water partition coefficient (Wildman–Crippen LogP) is 2.42. The molecule has 6 heteroatoms. The molecule has 2 unspecified atom stereocenters. The Morgan fingerprint density at radius 3 is 2.70 bits per heavy atom. The molecule has 1 heterocycles. The van der Waals surface area contributed by atoms with Gasteiger partial charge < -0.3 is 10.0 Å². The smallest absolute Gasteiger partial charge is 0.282 e. The molecule has 1 fully saturated rings. The maximum Gasteiger partial charge on any atom is 0.282 e. The van der Waals surface area contributed by atoms with E-state index in [4.69, 9.17) is 0 Å². The molecule has 1 N–H and O–H groups in total. The van der Waals surface area contributed by atoms with Gasteiger partial charge in [0.2, 0.25) is 0 Å². The van der Waals surface area contributed by atoms with Gasteiger partial charge >= 0.3 is 0 Å². The minimum absolute atomic E-state index is 0.0447. The lowest BCUT2D eigenvalue weighted by Gasteiger charge is -2.35. The fourth-order valence-electron chi connectivity index (χ4n) is 2.47. The second kappa shape index (κ2) is 5.48. The van der Waals surface area contributed by atoms with Crippen molar-refractivity contribution in [2.45, 2.75) is 20.3 Å². The van der Waals surface area contributed by atoms with Crippen molar-refractivity contribution < 1.29 is 14.8 Å². The van der Waals surface area contributed by atoms with Crippen molar-refractivity contribution in [1.82, 2.24) is 4.90 Å². The van der Waals surface area contributed by atoms with E-state index in [1.54, 1.807) is 4.90 Å². The van der Waals surface area contributed by atoms with Gasteiger partial charge in [-0.05, 0) is 30.4 Å². The van der Waals surface area contributed by atoms with Crippen LogP contribution in [-0.2, 0) is 0 Å². The molecule has 1 aliphatic heterocycles. The molecule has 1 aromatic rings. The number of likely N-dealkylation sites (tertiary alicyclic amines) is 1. The van der Waals surface area contributed by atoms with Crippen LogP contribution in [0, 0.1) is 22.0 Å². The van der Waals surface area contributed by atoms with Crippen LogP contribution in [0.25, 0.3) is 0 Å². The third-order valence-corrected chi connectivity index (χ3v) is 4.03. The maximum atomic E-state index is 12.4. The lowest BCUT2D eigenvalue weighted by molar-refractivity contribution is -0.385. The van der Waals surface area contributed by atoms with E-state index in [0.717, 1.165) is 6.42 Å². The van der Waals surface area contributed by atoms with Crippen LogP contribution < -0.4 is 0 Å². The Kier molecular flexibility index (Phi) is 3.92. The first-order valence-electron chi connectivity index (χ1n) is 6.67.